The zero-order chi connectivity index (χ0) is 18.4. The summed E-state index contributed by atoms with van der Waals surface area (Å²) in [5.74, 6) is -0.620. The monoisotopic (exact) mass is 353 g/mol. The molecule has 0 fully saturated rings. The highest BCUT2D eigenvalue weighted by Crippen LogP contribution is 2.10. The van der Waals surface area contributed by atoms with Crippen LogP contribution >= 0.6 is 0 Å². The number of nitrogens with one attached hydrogen (secondary N) is 2. The van der Waals surface area contributed by atoms with Crippen LogP contribution in [0.5, 0.6) is 0 Å². The third kappa shape index (κ3) is 4.35. The van der Waals surface area contributed by atoms with Gasteiger partial charge < -0.3 is 15.1 Å². The molecule has 1 aromatic carbocycles. The molecular weight excluding hydrogens is 334 g/mol. The second kappa shape index (κ2) is 8.11. The van der Waals surface area contributed by atoms with Crippen LogP contribution in [-0.4, -0.2) is 32.6 Å². The Morgan fingerprint density at radius 2 is 2.04 bits per heavy atom. The van der Waals surface area contributed by atoms with Gasteiger partial charge in [0.25, 0.3) is 5.91 Å². The first kappa shape index (κ1) is 17.4. The van der Waals surface area contributed by atoms with Crippen molar-refractivity contribution in [3.8, 4) is 0 Å². The molecule has 26 heavy (non-hydrogen) atoms. The Hall–Kier alpha value is -3.42. The number of rotatable bonds is 7. The van der Waals surface area contributed by atoms with Crippen LogP contribution in [0.25, 0.3) is 0 Å². The Morgan fingerprint density at radius 3 is 2.73 bits per heavy atom. The molecule has 0 aliphatic carbocycles. The molecule has 2 aromatic heterocycles. The summed E-state index contributed by atoms with van der Waals surface area (Å²) in [7, 11) is 0. The third-order valence-corrected chi connectivity index (χ3v) is 3.89. The summed E-state index contributed by atoms with van der Waals surface area (Å²) >= 11 is 0. The quantitative estimate of drug-likeness (QED) is 0.668. The van der Waals surface area contributed by atoms with Crippen LogP contribution in [0.2, 0.25) is 0 Å². The number of hydrogen-bond acceptors (Lipinski definition) is 5. The summed E-state index contributed by atoms with van der Waals surface area (Å²) in [4.78, 5) is 28.2. The standard InChI is InChI=1S/C18H19N5O3/c1-13(22-18(25)16-6-7-26-10-16)17(24)20-8-14-4-2-3-5-15(14)9-23-12-19-11-21-23/h2-7,10-13H,8-9H2,1H3,(H,20,24)(H,22,25)/t13-/m1/s1. The van der Waals surface area contributed by atoms with Gasteiger partial charge in [0.05, 0.1) is 18.4 Å². The molecule has 0 aliphatic rings. The average Bonchev–Trinajstić information content (AvgIpc) is 3.34. The molecule has 3 rings (SSSR count). The average molecular weight is 353 g/mol. The number of nitrogens with zero attached hydrogens (tertiary/aromatic N) is 3. The molecule has 1 atom stereocenters. The van der Waals surface area contributed by atoms with Crippen molar-refractivity contribution in [1.29, 1.82) is 0 Å². The molecular formula is C18H19N5O3. The SMILES string of the molecule is C[C@@H](NC(=O)c1ccoc1)C(=O)NCc1ccccc1Cn1cncn1. The van der Waals surface area contributed by atoms with Gasteiger partial charge in [0.15, 0.2) is 0 Å². The van der Waals surface area contributed by atoms with E-state index in [0.29, 0.717) is 18.7 Å². The predicted octanol–water partition coefficient (Wildman–Crippen LogP) is 1.35. The van der Waals surface area contributed by atoms with Crippen molar-refractivity contribution in [3.05, 3.63) is 72.2 Å². The van der Waals surface area contributed by atoms with Gasteiger partial charge in [-0.15, -0.1) is 0 Å². The van der Waals surface area contributed by atoms with E-state index in [1.54, 1.807) is 24.0 Å². The van der Waals surface area contributed by atoms with Gasteiger partial charge in [0.1, 0.15) is 25.0 Å². The lowest BCUT2D eigenvalue weighted by molar-refractivity contribution is -0.122. The van der Waals surface area contributed by atoms with E-state index >= 15 is 0 Å². The van der Waals surface area contributed by atoms with Crippen molar-refractivity contribution in [2.45, 2.75) is 26.1 Å². The van der Waals surface area contributed by atoms with Crippen molar-refractivity contribution >= 4 is 11.8 Å². The zero-order valence-corrected chi connectivity index (χ0v) is 14.3. The number of carbonyl (C=O) groups is 2. The van der Waals surface area contributed by atoms with Gasteiger partial charge in [-0.1, -0.05) is 24.3 Å². The minimum Gasteiger partial charge on any atom is -0.472 e. The zero-order valence-electron chi connectivity index (χ0n) is 14.3. The molecule has 2 amide bonds. The van der Waals surface area contributed by atoms with Gasteiger partial charge in [0.2, 0.25) is 5.91 Å². The number of aromatic nitrogens is 3. The lowest BCUT2D eigenvalue weighted by Crippen LogP contribution is -2.44. The van der Waals surface area contributed by atoms with E-state index < -0.39 is 6.04 Å². The fourth-order valence-corrected chi connectivity index (χ4v) is 2.45. The highest BCUT2D eigenvalue weighted by Gasteiger charge is 2.17. The summed E-state index contributed by atoms with van der Waals surface area (Å²) in [5, 5.41) is 9.58. The molecule has 0 radical (unpaired) electrons. The van der Waals surface area contributed by atoms with Gasteiger partial charge in [-0.2, -0.15) is 5.10 Å². The molecule has 0 saturated carbocycles. The van der Waals surface area contributed by atoms with Crippen LogP contribution in [0.15, 0.2) is 59.9 Å². The van der Waals surface area contributed by atoms with Crippen molar-refractivity contribution in [2.75, 3.05) is 0 Å². The molecule has 8 nitrogen and oxygen atoms in total. The van der Waals surface area contributed by atoms with Crippen LogP contribution in [0.3, 0.4) is 0 Å². The highest BCUT2D eigenvalue weighted by molar-refractivity contribution is 5.97. The highest BCUT2D eigenvalue weighted by atomic mass is 16.3. The molecule has 2 heterocycles. The summed E-state index contributed by atoms with van der Waals surface area (Å²) in [6, 6.07) is 8.65. The minimum atomic E-state index is -0.667. The van der Waals surface area contributed by atoms with E-state index in [-0.39, 0.29) is 11.8 Å². The van der Waals surface area contributed by atoms with Gasteiger partial charge in [0, 0.05) is 6.54 Å². The number of furan rings is 1. The number of hydrogen-bond donors (Lipinski definition) is 2. The van der Waals surface area contributed by atoms with Gasteiger partial charge in [-0.05, 0) is 24.1 Å². The van der Waals surface area contributed by atoms with Crippen molar-refractivity contribution in [3.63, 3.8) is 0 Å². The number of amides is 2. The second-order valence-electron chi connectivity index (χ2n) is 5.79. The lowest BCUT2D eigenvalue weighted by Gasteiger charge is -2.15. The Balaban J connectivity index is 1.56. The van der Waals surface area contributed by atoms with Gasteiger partial charge in [-0.25, -0.2) is 9.67 Å². The van der Waals surface area contributed by atoms with Gasteiger partial charge in [-0.3, -0.25) is 9.59 Å². The Labute approximate surface area is 150 Å². The maximum Gasteiger partial charge on any atom is 0.255 e. The lowest BCUT2D eigenvalue weighted by atomic mass is 10.1. The van der Waals surface area contributed by atoms with Gasteiger partial charge >= 0.3 is 0 Å². The largest absolute Gasteiger partial charge is 0.472 e. The fourth-order valence-electron chi connectivity index (χ4n) is 2.45. The summed E-state index contributed by atoms with van der Waals surface area (Å²) in [6.45, 7) is 2.56. The molecule has 0 bridgehead atoms. The van der Waals surface area contributed by atoms with Crippen molar-refractivity contribution in [2.24, 2.45) is 0 Å². The Kier molecular flexibility index (Phi) is 5.43. The third-order valence-electron chi connectivity index (χ3n) is 3.89. The van der Waals surface area contributed by atoms with Crippen LogP contribution < -0.4 is 10.6 Å². The maximum absolute atomic E-state index is 12.3. The first-order valence-electron chi connectivity index (χ1n) is 8.13. The molecule has 2 N–H and O–H groups in total. The first-order chi connectivity index (χ1) is 12.6. The summed E-state index contributed by atoms with van der Waals surface area (Å²) in [5.41, 5.74) is 2.39. The van der Waals surface area contributed by atoms with Crippen molar-refractivity contribution < 1.29 is 14.0 Å². The molecule has 0 unspecified atom stereocenters. The normalized spacial score (nSPS) is 11.7. The molecule has 134 valence electrons. The summed E-state index contributed by atoms with van der Waals surface area (Å²) in [6.07, 6.45) is 5.86. The molecule has 3 aromatic rings. The second-order valence-corrected chi connectivity index (χ2v) is 5.79. The van der Waals surface area contributed by atoms with Crippen LogP contribution in [0, 0.1) is 0 Å². The van der Waals surface area contributed by atoms with E-state index in [2.05, 4.69) is 20.7 Å². The van der Waals surface area contributed by atoms with E-state index in [1.165, 1.54) is 18.9 Å². The summed E-state index contributed by atoms with van der Waals surface area (Å²) < 4.78 is 6.58. The van der Waals surface area contributed by atoms with E-state index in [1.807, 2.05) is 24.3 Å². The molecule has 8 heteroatoms. The number of carbonyl (C=O) groups excluding carboxylic acids is 2. The smallest absolute Gasteiger partial charge is 0.255 e. The molecule has 0 spiro atoms. The van der Waals surface area contributed by atoms with E-state index in [9.17, 15) is 9.59 Å². The Bertz CT molecular complexity index is 859. The molecule has 0 aliphatic heterocycles. The molecule has 0 saturated heterocycles. The number of benzene rings is 1. The van der Waals surface area contributed by atoms with Crippen LogP contribution in [-0.2, 0) is 17.9 Å². The van der Waals surface area contributed by atoms with Crippen LogP contribution in [0.1, 0.15) is 28.4 Å². The van der Waals surface area contributed by atoms with Crippen LogP contribution in [0.4, 0.5) is 0 Å². The fraction of sp³-hybridized carbons (Fsp3) is 0.222. The van der Waals surface area contributed by atoms with E-state index in [4.69, 9.17) is 4.42 Å². The maximum atomic E-state index is 12.3. The topological polar surface area (TPSA) is 102 Å². The van der Waals surface area contributed by atoms with Crippen molar-refractivity contribution in [1.82, 2.24) is 25.4 Å². The minimum absolute atomic E-state index is 0.266. The van der Waals surface area contributed by atoms with E-state index in [0.717, 1.165) is 11.1 Å². The predicted molar refractivity (Wildman–Crippen MR) is 93.0 cm³/mol. The first-order valence-corrected chi connectivity index (χ1v) is 8.13. The Morgan fingerprint density at radius 1 is 1.23 bits per heavy atom.